The van der Waals surface area contributed by atoms with Gasteiger partial charge in [-0.3, -0.25) is 9.59 Å². The predicted octanol–water partition coefficient (Wildman–Crippen LogP) is 3.46. The van der Waals surface area contributed by atoms with Crippen LogP contribution < -0.4 is 20.1 Å². The van der Waals surface area contributed by atoms with Crippen molar-refractivity contribution in [3.05, 3.63) is 48.0 Å². The maximum absolute atomic E-state index is 12.4. The van der Waals surface area contributed by atoms with E-state index in [2.05, 4.69) is 10.6 Å². The smallest absolute Gasteiger partial charge is 0.233 e. The number of anilines is 1. The quantitative estimate of drug-likeness (QED) is 0.677. The molecular weight excluding hydrogens is 364 g/mol. The van der Waals surface area contributed by atoms with Crippen LogP contribution in [0.3, 0.4) is 0 Å². The first-order valence-electron chi connectivity index (χ1n) is 8.45. The largest absolute Gasteiger partial charge is 0.497 e. The molecule has 0 spiro atoms. The van der Waals surface area contributed by atoms with Crippen LogP contribution in [0.2, 0.25) is 0 Å². The van der Waals surface area contributed by atoms with Crippen molar-refractivity contribution < 1.29 is 19.1 Å². The standard InChI is InChI=1S/C20H24N2O4S/c1-13(27-19-7-5-16(6-8-19)22-14(2)23)20(24)21-12-15-9-17(25-3)11-18(10-15)26-4/h5-11,13H,12H2,1-4H3,(H,21,24)(H,22,23). The first-order valence-corrected chi connectivity index (χ1v) is 9.33. The summed E-state index contributed by atoms with van der Waals surface area (Å²) in [5, 5.41) is 5.39. The third-order valence-corrected chi connectivity index (χ3v) is 4.85. The van der Waals surface area contributed by atoms with Crippen LogP contribution >= 0.6 is 11.8 Å². The molecular formula is C20H24N2O4S. The lowest BCUT2D eigenvalue weighted by atomic mass is 10.2. The average Bonchev–Trinajstić information content (AvgIpc) is 2.66. The van der Waals surface area contributed by atoms with Gasteiger partial charge >= 0.3 is 0 Å². The van der Waals surface area contributed by atoms with Crippen LogP contribution in [0.25, 0.3) is 0 Å². The van der Waals surface area contributed by atoms with E-state index in [0.717, 1.165) is 16.1 Å². The Morgan fingerprint density at radius 1 is 1.04 bits per heavy atom. The fourth-order valence-electron chi connectivity index (χ4n) is 2.38. The molecule has 2 aromatic carbocycles. The molecule has 0 aliphatic heterocycles. The van der Waals surface area contributed by atoms with Crippen LogP contribution in [-0.4, -0.2) is 31.3 Å². The molecule has 0 fully saturated rings. The molecule has 0 aliphatic rings. The van der Waals surface area contributed by atoms with Crippen molar-refractivity contribution in [2.24, 2.45) is 0 Å². The molecule has 0 heterocycles. The number of methoxy groups -OCH3 is 2. The van der Waals surface area contributed by atoms with E-state index in [1.807, 2.05) is 43.3 Å². The Labute approximate surface area is 163 Å². The number of hydrogen-bond acceptors (Lipinski definition) is 5. The molecule has 0 aromatic heterocycles. The molecule has 0 saturated heterocycles. The number of hydrogen-bond donors (Lipinski definition) is 2. The second kappa shape index (κ2) is 9.87. The van der Waals surface area contributed by atoms with E-state index in [0.29, 0.717) is 18.0 Å². The Bertz CT molecular complexity index is 771. The van der Waals surface area contributed by atoms with Gasteiger partial charge in [-0.2, -0.15) is 0 Å². The maximum atomic E-state index is 12.4. The van der Waals surface area contributed by atoms with Crippen molar-refractivity contribution in [2.45, 2.75) is 30.5 Å². The van der Waals surface area contributed by atoms with Gasteiger partial charge in [0.2, 0.25) is 11.8 Å². The van der Waals surface area contributed by atoms with Gasteiger partial charge in [0.1, 0.15) is 11.5 Å². The molecule has 2 N–H and O–H groups in total. The van der Waals surface area contributed by atoms with E-state index in [4.69, 9.17) is 9.47 Å². The minimum atomic E-state index is -0.260. The summed E-state index contributed by atoms with van der Waals surface area (Å²) < 4.78 is 10.5. The first kappa shape index (κ1) is 20.6. The van der Waals surface area contributed by atoms with Gasteiger partial charge in [-0.1, -0.05) is 0 Å². The molecule has 144 valence electrons. The third-order valence-electron chi connectivity index (χ3n) is 3.73. The maximum Gasteiger partial charge on any atom is 0.233 e. The monoisotopic (exact) mass is 388 g/mol. The Kier molecular flexibility index (Phi) is 7.55. The summed E-state index contributed by atoms with van der Waals surface area (Å²) in [7, 11) is 3.18. The summed E-state index contributed by atoms with van der Waals surface area (Å²) >= 11 is 1.46. The highest BCUT2D eigenvalue weighted by Gasteiger charge is 2.14. The van der Waals surface area contributed by atoms with Crippen molar-refractivity contribution in [2.75, 3.05) is 19.5 Å². The van der Waals surface area contributed by atoms with E-state index in [-0.39, 0.29) is 17.1 Å². The molecule has 1 atom stereocenters. The normalized spacial score (nSPS) is 11.4. The summed E-state index contributed by atoms with van der Waals surface area (Å²) in [6.45, 7) is 3.71. The number of carbonyl (C=O) groups excluding carboxylic acids is 2. The van der Waals surface area contributed by atoms with Gasteiger partial charge in [0.25, 0.3) is 0 Å². The van der Waals surface area contributed by atoms with Crippen LogP contribution in [0.15, 0.2) is 47.4 Å². The van der Waals surface area contributed by atoms with Gasteiger partial charge in [-0.15, -0.1) is 11.8 Å². The van der Waals surface area contributed by atoms with Crippen molar-refractivity contribution >= 4 is 29.3 Å². The number of amides is 2. The minimum Gasteiger partial charge on any atom is -0.497 e. The number of ether oxygens (including phenoxy) is 2. The summed E-state index contributed by atoms with van der Waals surface area (Å²) in [4.78, 5) is 24.4. The molecule has 2 amide bonds. The van der Waals surface area contributed by atoms with E-state index < -0.39 is 0 Å². The van der Waals surface area contributed by atoms with E-state index in [9.17, 15) is 9.59 Å². The van der Waals surface area contributed by atoms with Gasteiger partial charge in [0.15, 0.2) is 0 Å². The molecule has 2 rings (SSSR count). The zero-order valence-corrected chi connectivity index (χ0v) is 16.7. The highest BCUT2D eigenvalue weighted by Crippen LogP contribution is 2.25. The lowest BCUT2D eigenvalue weighted by Gasteiger charge is -2.13. The minimum absolute atomic E-state index is 0.0623. The van der Waals surface area contributed by atoms with Crippen LogP contribution in [0.1, 0.15) is 19.4 Å². The Balaban J connectivity index is 1.91. The van der Waals surface area contributed by atoms with Crippen molar-refractivity contribution in [3.8, 4) is 11.5 Å². The van der Waals surface area contributed by atoms with Crippen molar-refractivity contribution in [3.63, 3.8) is 0 Å². The number of thioether (sulfide) groups is 1. The summed E-state index contributed by atoms with van der Waals surface area (Å²) in [6.07, 6.45) is 0. The zero-order chi connectivity index (χ0) is 19.8. The van der Waals surface area contributed by atoms with Gasteiger partial charge < -0.3 is 20.1 Å². The molecule has 27 heavy (non-hydrogen) atoms. The van der Waals surface area contributed by atoms with Gasteiger partial charge in [-0.05, 0) is 48.9 Å². The molecule has 6 nitrogen and oxygen atoms in total. The van der Waals surface area contributed by atoms with Crippen LogP contribution in [0.4, 0.5) is 5.69 Å². The molecule has 7 heteroatoms. The Hall–Kier alpha value is -2.67. The lowest BCUT2D eigenvalue weighted by molar-refractivity contribution is -0.120. The number of nitrogens with one attached hydrogen (secondary N) is 2. The van der Waals surface area contributed by atoms with E-state index in [1.54, 1.807) is 20.3 Å². The van der Waals surface area contributed by atoms with Crippen LogP contribution in [-0.2, 0) is 16.1 Å². The summed E-state index contributed by atoms with van der Waals surface area (Å²) in [6, 6.07) is 12.9. The first-order chi connectivity index (χ1) is 12.9. The molecule has 0 bridgehead atoms. The average molecular weight is 388 g/mol. The molecule has 0 saturated carbocycles. The number of benzene rings is 2. The molecule has 0 aliphatic carbocycles. The lowest BCUT2D eigenvalue weighted by Crippen LogP contribution is -2.30. The van der Waals surface area contributed by atoms with Gasteiger partial charge in [-0.25, -0.2) is 0 Å². The SMILES string of the molecule is COc1cc(CNC(=O)C(C)Sc2ccc(NC(C)=O)cc2)cc(OC)c1. The Morgan fingerprint density at radius 3 is 2.15 bits per heavy atom. The third kappa shape index (κ3) is 6.53. The molecule has 1 unspecified atom stereocenters. The van der Waals surface area contributed by atoms with Crippen LogP contribution in [0, 0.1) is 0 Å². The van der Waals surface area contributed by atoms with Gasteiger partial charge in [0.05, 0.1) is 19.5 Å². The fraction of sp³-hybridized carbons (Fsp3) is 0.300. The topological polar surface area (TPSA) is 76.7 Å². The molecule has 2 aromatic rings. The summed E-state index contributed by atoms with van der Waals surface area (Å²) in [5.74, 6) is 1.19. The van der Waals surface area contributed by atoms with Crippen molar-refractivity contribution in [1.29, 1.82) is 0 Å². The number of rotatable bonds is 8. The predicted molar refractivity (Wildman–Crippen MR) is 107 cm³/mol. The highest BCUT2D eigenvalue weighted by molar-refractivity contribution is 8.00. The van der Waals surface area contributed by atoms with Gasteiger partial charge in [0, 0.05) is 30.1 Å². The second-order valence-corrected chi connectivity index (χ2v) is 7.32. The second-order valence-electron chi connectivity index (χ2n) is 5.90. The van der Waals surface area contributed by atoms with E-state index in [1.165, 1.54) is 18.7 Å². The van der Waals surface area contributed by atoms with Crippen molar-refractivity contribution in [1.82, 2.24) is 5.32 Å². The zero-order valence-electron chi connectivity index (χ0n) is 15.9. The summed E-state index contributed by atoms with van der Waals surface area (Å²) in [5.41, 5.74) is 1.63. The number of carbonyl (C=O) groups is 2. The molecule has 0 radical (unpaired) electrons. The Morgan fingerprint density at radius 2 is 1.63 bits per heavy atom. The highest BCUT2D eigenvalue weighted by atomic mass is 32.2. The van der Waals surface area contributed by atoms with Crippen LogP contribution in [0.5, 0.6) is 11.5 Å². The van der Waals surface area contributed by atoms with E-state index >= 15 is 0 Å². The fourth-order valence-corrected chi connectivity index (χ4v) is 3.27.